The van der Waals surface area contributed by atoms with Crippen LogP contribution in [0.3, 0.4) is 0 Å². The molecule has 0 spiro atoms. The minimum atomic E-state index is 0.651. The lowest BCUT2D eigenvalue weighted by molar-refractivity contribution is 0.665. The Labute approximate surface area is 178 Å². The van der Waals surface area contributed by atoms with Crippen LogP contribution >= 0.6 is 0 Å². The number of H-pyrrole nitrogens is 1. The van der Waals surface area contributed by atoms with Crippen LogP contribution in [-0.2, 0) is 0 Å². The molecule has 0 aliphatic carbocycles. The van der Waals surface area contributed by atoms with Gasteiger partial charge in [-0.3, -0.25) is 4.98 Å². The van der Waals surface area contributed by atoms with E-state index in [4.69, 9.17) is 0 Å². The van der Waals surface area contributed by atoms with Crippen LogP contribution in [0.2, 0.25) is 0 Å². The molecule has 0 saturated heterocycles. The topological polar surface area (TPSA) is 28.7 Å². The van der Waals surface area contributed by atoms with Gasteiger partial charge in [0, 0.05) is 33.6 Å². The molecular weight excluding hydrogens is 364 g/mol. The molecule has 0 bridgehead atoms. The number of hydrogen-bond donors (Lipinski definition) is 1. The van der Waals surface area contributed by atoms with E-state index in [0.29, 0.717) is 5.92 Å². The Morgan fingerprint density at radius 2 is 1.33 bits per heavy atom. The van der Waals surface area contributed by atoms with Crippen molar-refractivity contribution >= 4 is 21.8 Å². The second-order valence-corrected chi connectivity index (χ2v) is 7.74. The Morgan fingerprint density at radius 1 is 0.733 bits per heavy atom. The SMILES string of the molecule is CCCC(C)c1ccc(-c2ccccn2)cc1.c1ccc2c(c1)[nH]c1ccccc12. The molecule has 0 radical (unpaired) electrons. The van der Waals surface area contributed by atoms with Crippen LogP contribution in [0.1, 0.15) is 38.2 Å². The molecule has 1 atom stereocenters. The lowest BCUT2D eigenvalue weighted by atomic mass is 9.95. The highest BCUT2D eigenvalue weighted by Crippen LogP contribution is 2.25. The van der Waals surface area contributed by atoms with Crippen LogP contribution in [0.4, 0.5) is 0 Å². The number of aromatic amines is 1. The van der Waals surface area contributed by atoms with E-state index in [1.807, 2.05) is 24.4 Å². The Bertz CT molecular complexity index is 1150. The van der Waals surface area contributed by atoms with E-state index >= 15 is 0 Å². The number of aromatic nitrogens is 2. The number of hydrogen-bond acceptors (Lipinski definition) is 1. The third-order valence-corrected chi connectivity index (χ3v) is 5.58. The van der Waals surface area contributed by atoms with Crippen LogP contribution in [0.5, 0.6) is 0 Å². The monoisotopic (exact) mass is 392 g/mol. The van der Waals surface area contributed by atoms with Gasteiger partial charge in [0.05, 0.1) is 5.69 Å². The summed E-state index contributed by atoms with van der Waals surface area (Å²) >= 11 is 0. The largest absolute Gasteiger partial charge is 0.355 e. The fourth-order valence-electron chi connectivity index (χ4n) is 3.91. The highest BCUT2D eigenvalue weighted by atomic mass is 14.7. The summed E-state index contributed by atoms with van der Waals surface area (Å²) in [4.78, 5) is 7.74. The Morgan fingerprint density at radius 3 is 1.90 bits per heavy atom. The van der Waals surface area contributed by atoms with E-state index in [1.54, 1.807) is 0 Å². The van der Waals surface area contributed by atoms with Crippen molar-refractivity contribution in [1.29, 1.82) is 0 Å². The average molecular weight is 393 g/mol. The molecule has 1 unspecified atom stereocenters. The van der Waals surface area contributed by atoms with Crippen molar-refractivity contribution in [1.82, 2.24) is 9.97 Å². The molecule has 30 heavy (non-hydrogen) atoms. The summed E-state index contributed by atoms with van der Waals surface area (Å²) in [7, 11) is 0. The number of fused-ring (bicyclic) bond motifs is 3. The number of pyridine rings is 1. The van der Waals surface area contributed by atoms with E-state index in [1.165, 1.54) is 45.8 Å². The first-order valence-corrected chi connectivity index (χ1v) is 10.7. The van der Waals surface area contributed by atoms with Crippen molar-refractivity contribution in [2.45, 2.75) is 32.6 Å². The first kappa shape index (κ1) is 19.9. The summed E-state index contributed by atoms with van der Waals surface area (Å²) in [6, 6.07) is 31.6. The fourth-order valence-corrected chi connectivity index (χ4v) is 3.91. The van der Waals surface area contributed by atoms with Gasteiger partial charge in [0.1, 0.15) is 0 Å². The van der Waals surface area contributed by atoms with E-state index in [2.05, 4.69) is 96.6 Å². The van der Waals surface area contributed by atoms with Crippen molar-refractivity contribution < 1.29 is 0 Å². The lowest BCUT2D eigenvalue weighted by Crippen LogP contribution is -1.92. The zero-order valence-corrected chi connectivity index (χ0v) is 17.7. The summed E-state index contributed by atoms with van der Waals surface area (Å²) in [5.41, 5.74) is 6.08. The summed E-state index contributed by atoms with van der Waals surface area (Å²) < 4.78 is 0. The fraction of sp³-hybridized carbons (Fsp3) is 0.179. The van der Waals surface area contributed by atoms with Gasteiger partial charge in [0.2, 0.25) is 0 Å². The van der Waals surface area contributed by atoms with Gasteiger partial charge in [-0.1, -0.05) is 87.0 Å². The third-order valence-electron chi connectivity index (χ3n) is 5.58. The first-order valence-electron chi connectivity index (χ1n) is 10.7. The van der Waals surface area contributed by atoms with Crippen molar-refractivity contribution in [3.63, 3.8) is 0 Å². The number of nitrogens with zero attached hydrogens (tertiary/aromatic N) is 1. The predicted octanol–water partition coefficient (Wildman–Crippen LogP) is 7.97. The Kier molecular flexibility index (Phi) is 6.24. The van der Waals surface area contributed by atoms with Crippen LogP contribution in [0.15, 0.2) is 97.2 Å². The second kappa shape index (κ2) is 9.41. The molecule has 150 valence electrons. The number of para-hydroxylation sites is 2. The molecule has 0 aliphatic rings. The highest BCUT2D eigenvalue weighted by molar-refractivity contribution is 6.06. The quantitative estimate of drug-likeness (QED) is 0.330. The maximum atomic E-state index is 4.36. The molecule has 1 N–H and O–H groups in total. The molecule has 0 fully saturated rings. The zero-order chi connectivity index (χ0) is 20.8. The second-order valence-electron chi connectivity index (χ2n) is 7.74. The summed E-state index contributed by atoms with van der Waals surface area (Å²) in [5.74, 6) is 0.651. The molecule has 2 nitrogen and oxygen atoms in total. The molecule has 0 amide bonds. The smallest absolute Gasteiger partial charge is 0.0701 e. The van der Waals surface area contributed by atoms with Gasteiger partial charge in [-0.15, -0.1) is 0 Å². The summed E-state index contributed by atoms with van der Waals surface area (Å²) in [6.07, 6.45) is 4.33. The third kappa shape index (κ3) is 4.44. The minimum Gasteiger partial charge on any atom is -0.355 e. The van der Waals surface area contributed by atoms with Crippen molar-refractivity contribution in [3.05, 3.63) is 103 Å². The standard InChI is InChI=1S/C16H19N.C12H9N/c1-3-6-13(2)14-8-10-15(11-9-14)16-7-4-5-12-17-16;1-3-7-11-9(5-1)10-6-2-4-8-12(10)13-11/h4-5,7-13H,3,6H2,1-2H3;1-8,13H. The predicted molar refractivity (Wildman–Crippen MR) is 129 cm³/mol. The maximum Gasteiger partial charge on any atom is 0.0701 e. The number of rotatable bonds is 4. The molecule has 2 aromatic heterocycles. The van der Waals surface area contributed by atoms with Gasteiger partial charge in [0.25, 0.3) is 0 Å². The normalized spacial score (nSPS) is 11.8. The molecule has 5 aromatic rings. The molecule has 2 heterocycles. The number of nitrogens with one attached hydrogen (secondary N) is 1. The van der Waals surface area contributed by atoms with Crippen LogP contribution in [0, 0.1) is 0 Å². The number of benzene rings is 3. The maximum absolute atomic E-state index is 4.36. The zero-order valence-electron chi connectivity index (χ0n) is 17.7. The van der Waals surface area contributed by atoms with Crippen molar-refractivity contribution in [2.24, 2.45) is 0 Å². The van der Waals surface area contributed by atoms with E-state index in [0.717, 1.165) is 5.69 Å². The van der Waals surface area contributed by atoms with E-state index in [-0.39, 0.29) is 0 Å². The summed E-state index contributed by atoms with van der Waals surface area (Å²) in [5, 5.41) is 2.61. The van der Waals surface area contributed by atoms with Gasteiger partial charge in [0.15, 0.2) is 0 Å². The summed E-state index contributed by atoms with van der Waals surface area (Å²) in [6.45, 7) is 4.53. The van der Waals surface area contributed by atoms with Gasteiger partial charge in [-0.2, -0.15) is 0 Å². The van der Waals surface area contributed by atoms with E-state index < -0.39 is 0 Å². The van der Waals surface area contributed by atoms with Crippen LogP contribution in [-0.4, -0.2) is 9.97 Å². The van der Waals surface area contributed by atoms with Crippen LogP contribution < -0.4 is 0 Å². The molecule has 0 aliphatic heterocycles. The lowest BCUT2D eigenvalue weighted by Gasteiger charge is -2.11. The van der Waals surface area contributed by atoms with Gasteiger partial charge in [-0.05, 0) is 42.2 Å². The van der Waals surface area contributed by atoms with Gasteiger partial charge in [-0.25, -0.2) is 0 Å². The molecule has 2 heteroatoms. The van der Waals surface area contributed by atoms with Crippen molar-refractivity contribution in [3.8, 4) is 11.3 Å². The van der Waals surface area contributed by atoms with E-state index in [9.17, 15) is 0 Å². The first-order chi connectivity index (χ1) is 14.8. The highest BCUT2D eigenvalue weighted by Gasteiger charge is 2.05. The van der Waals surface area contributed by atoms with Gasteiger partial charge >= 0.3 is 0 Å². The minimum absolute atomic E-state index is 0.651. The van der Waals surface area contributed by atoms with Gasteiger partial charge < -0.3 is 4.98 Å². The van der Waals surface area contributed by atoms with Crippen molar-refractivity contribution in [2.75, 3.05) is 0 Å². The average Bonchev–Trinajstić information content (AvgIpc) is 3.19. The molecular formula is C28H28N2. The Hall–Kier alpha value is -3.39. The van der Waals surface area contributed by atoms with Crippen LogP contribution in [0.25, 0.3) is 33.1 Å². The molecule has 0 saturated carbocycles. The Balaban J connectivity index is 0.000000150. The molecule has 3 aromatic carbocycles. The molecule has 5 rings (SSSR count).